The van der Waals surface area contributed by atoms with E-state index in [4.69, 9.17) is 4.74 Å². The summed E-state index contributed by atoms with van der Waals surface area (Å²) in [5, 5.41) is 7.61. The molecule has 0 atom stereocenters. The molecule has 112 valence electrons. The molecule has 6 heteroatoms. The highest BCUT2D eigenvalue weighted by Gasteiger charge is 2.16. The van der Waals surface area contributed by atoms with E-state index in [1.54, 1.807) is 7.11 Å². The maximum Gasteiger partial charge on any atom is 0.209 e. The molecule has 1 aromatic heterocycles. The first-order chi connectivity index (χ1) is 10.8. The smallest absolute Gasteiger partial charge is 0.209 e. The number of allylic oxidation sites excluding steroid dienone is 4. The van der Waals surface area contributed by atoms with Crippen molar-refractivity contribution >= 4 is 17.5 Å². The fraction of sp³-hybridized carbons (Fsp3) is 0.188. The van der Waals surface area contributed by atoms with E-state index in [1.807, 2.05) is 48.6 Å². The summed E-state index contributed by atoms with van der Waals surface area (Å²) < 4.78 is 5.13. The van der Waals surface area contributed by atoms with E-state index < -0.39 is 0 Å². The zero-order valence-corrected chi connectivity index (χ0v) is 12.8. The molecule has 0 saturated heterocycles. The molecule has 0 amide bonds. The van der Waals surface area contributed by atoms with Gasteiger partial charge in [-0.15, -0.1) is 5.10 Å². The number of carbonyl (C=O) groups excluding carboxylic acids is 1. The van der Waals surface area contributed by atoms with Gasteiger partial charge < -0.3 is 4.74 Å². The Morgan fingerprint density at radius 3 is 2.68 bits per heavy atom. The summed E-state index contributed by atoms with van der Waals surface area (Å²) in [6, 6.07) is 7.56. The third kappa shape index (κ3) is 3.28. The number of carbonyl (C=O) groups is 1. The maximum atomic E-state index is 12.0. The standard InChI is InChI=1S/C16H15N3O2S/c1-21-13-8-6-12(7-9-13)15-17-16(19-18-15)22-10-14(20)11-4-2-3-5-11/h2-9,11H,10H2,1H3,(H,17,18,19). The average Bonchev–Trinajstić information content (AvgIpc) is 3.24. The number of thioether (sulfide) groups is 1. The first-order valence-corrected chi connectivity index (χ1v) is 7.82. The summed E-state index contributed by atoms with van der Waals surface area (Å²) in [6.45, 7) is 0. The lowest BCUT2D eigenvalue weighted by Gasteiger charge is -2.01. The van der Waals surface area contributed by atoms with Crippen molar-refractivity contribution < 1.29 is 9.53 Å². The van der Waals surface area contributed by atoms with Crippen molar-refractivity contribution in [3.8, 4) is 17.1 Å². The summed E-state index contributed by atoms with van der Waals surface area (Å²) in [5.74, 6) is 1.89. The minimum absolute atomic E-state index is 0.104. The Hall–Kier alpha value is -2.34. The first-order valence-electron chi connectivity index (χ1n) is 6.83. The number of nitrogens with zero attached hydrogens (tertiary/aromatic N) is 2. The van der Waals surface area contributed by atoms with Gasteiger partial charge in [-0.1, -0.05) is 36.1 Å². The fourth-order valence-electron chi connectivity index (χ4n) is 2.07. The van der Waals surface area contributed by atoms with Gasteiger partial charge in [0.25, 0.3) is 0 Å². The molecule has 22 heavy (non-hydrogen) atoms. The third-order valence-corrected chi connectivity index (χ3v) is 4.16. The number of H-pyrrole nitrogens is 1. The Bertz CT molecular complexity index is 707. The molecule has 0 radical (unpaired) electrons. The topological polar surface area (TPSA) is 67.9 Å². The number of aromatic nitrogens is 3. The molecule has 0 saturated carbocycles. The molecule has 5 nitrogen and oxygen atoms in total. The van der Waals surface area contributed by atoms with Crippen molar-refractivity contribution in [2.24, 2.45) is 5.92 Å². The fourth-order valence-corrected chi connectivity index (χ4v) is 2.80. The summed E-state index contributed by atoms with van der Waals surface area (Å²) in [5.41, 5.74) is 0.924. The zero-order valence-electron chi connectivity index (χ0n) is 12.0. The van der Waals surface area contributed by atoms with Crippen LogP contribution in [-0.2, 0) is 4.79 Å². The van der Waals surface area contributed by atoms with Gasteiger partial charge in [0.05, 0.1) is 18.8 Å². The van der Waals surface area contributed by atoms with Crippen LogP contribution in [0.25, 0.3) is 11.4 Å². The van der Waals surface area contributed by atoms with E-state index in [1.165, 1.54) is 11.8 Å². The molecule has 0 aliphatic heterocycles. The van der Waals surface area contributed by atoms with Crippen LogP contribution in [0.2, 0.25) is 0 Å². The van der Waals surface area contributed by atoms with Crippen molar-refractivity contribution in [2.75, 3.05) is 12.9 Å². The van der Waals surface area contributed by atoms with Crippen LogP contribution >= 0.6 is 11.8 Å². The molecule has 0 fully saturated rings. The monoisotopic (exact) mass is 313 g/mol. The number of ketones is 1. The number of Topliss-reactive ketones (excluding diaryl/α,β-unsaturated/α-hetero) is 1. The second-order valence-corrected chi connectivity index (χ2v) is 5.69. The number of methoxy groups -OCH3 is 1. The van der Waals surface area contributed by atoms with Crippen LogP contribution in [-0.4, -0.2) is 33.8 Å². The molecule has 0 spiro atoms. The van der Waals surface area contributed by atoms with Gasteiger partial charge in [0.15, 0.2) is 11.6 Å². The SMILES string of the molecule is COc1ccc(-c2nc(SCC(=O)C3C=CC=C3)n[nH]2)cc1. The lowest BCUT2D eigenvalue weighted by molar-refractivity contribution is -0.117. The maximum absolute atomic E-state index is 12.0. The van der Waals surface area contributed by atoms with E-state index in [2.05, 4.69) is 15.2 Å². The van der Waals surface area contributed by atoms with E-state index >= 15 is 0 Å². The third-order valence-electron chi connectivity index (χ3n) is 3.29. The van der Waals surface area contributed by atoms with Crippen molar-refractivity contribution in [3.63, 3.8) is 0 Å². The normalized spacial score (nSPS) is 13.7. The summed E-state index contributed by atoms with van der Waals surface area (Å²) >= 11 is 1.34. The van der Waals surface area contributed by atoms with Crippen molar-refractivity contribution in [1.82, 2.24) is 15.2 Å². The molecule has 0 bridgehead atoms. The molecule has 1 aliphatic carbocycles. The van der Waals surface area contributed by atoms with Gasteiger partial charge in [0.2, 0.25) is 5.16 Å². The van der Waals surface area contributed by atoms with Crippen LogP contribution in [0.3, 0.4) is 0 Å². The molecular weight excluding hydrogens is 298 g/mol. The largest absolute Gasteiger partial charge is 0.497 e. The predicted octanol–water partition coefficient (Wildman–Crippen LogP) is 2.88. The highest BCUT2D eigenvalue weighted by molar-refractivity contribution is 7.99. The number of nitrogens with one attached hydrogen (secondary N) is 1. The molecule has 1 aliphatic rings. The molecule has 1 N–H and O–H groups in total. The second-order valence-electron chi connectivity index (χ2n) is 4.75. The minimum Gasteiger partial charge on any atom is -0.497 e. The van der Waals surface area contributed by atoms with Gasteiger partial charge in [-0.25, -0.2) is 4.98 Å². The molecule has 1 heterocycles. The molecule has 3 rings (SSSR count). The quantitative estimate of drug-likeness (QED) is 0.831. The van der Waals surface area contributed by atoms with Gasteiger partial charge in [0, 0.05) is 5.56 Å². The number of rotatable bonds is 6. The van der Waals surface area contributed by atoms with E-state index in [9.17, 15) is 4.79 Å². The van der Waals surface area contributed by atoms with E-state index in [0.717, 1.165) is 11.3 Å². The van der Waals surface area contributed by atoms with Crippen LogP contribution in [0.5, 0.6) is 5.75 Å². The number of benzene rings is 1. The van der Waals surface area contributed by atoms with Gasteiger partial charge in [0.1, 0.15) is 5.75 Å². The number of hydrogen-bond acceptors (Lipinski definition) is 5. The number of aromatic amines is 1. The highest BCUT2D eigenvalue weighted by Crippen LogP contribution is 2.22. The minimum atomic E-state index is -0.104. The van der Waals surface area contributed by atoms with Gasteiger partial charge in [-0.2, -0.15) is 0 Å². The molecule has 0 unspecified atom stereocenters. The van der Waals surface area contributed by atoms with E-state index in [0.29, 0.717) is 16.7 Å². The Kier molecular flexibility index (Phi) is 4.39. The number of ether oxygens (including phenoxy) is 1. The summed E-state index contributed by atoms with van der Waals surface area (Å²) in [6.07, 6.45) is 7.57. The molecule has 1 aromatic carbocycles. The summed E-state index contributed by atoms with van der Waals surface area (Å²) in [7, 11) is 1.63. The Labute approximate surface area is 132 Å². The van der Waals surface area contributed by atoms with Gasteiger partial charge in [-0.3, -0.25) is 9.89 Å². The average molecular weight is 313 g/mol. The van der Waals surface area contributed by atoms with Crippen molar-refractivity contribution in [1.29, 1.82) is 0 Å². The Balaban J connectivity index is 1.62. The molecule has 2 aromatic rings. The van der Waals surface area contributed by atoms with Crippen molar-refractivity contribution in [3.05, 3.63) is 48.6 Å². The predicted molar refractivity (Wildman–Crippen MR) is 85.9 cm³/mol. The lowest BCUT2D eigenvalue weighted by atomic mass is 10.1. The number of hydrogen-bond donors (Lipinski definition) is 1. The first kappa shape index (κ1) is 14.6. The lowest BCUT2D eigenvalue weighted by Crippen LogP contribution is -2.10. The van der Waals surface area contributed by atoms with Crippen LogP contribution in [0, 0.1) is 5.92 Å². The van der Waals surface area contributed by atoms with Crippen LogP contribution < -0.4 is 4.74 Å². The van der Waals surface area contributed by atoms with Crippen LogP contribution in [0.4, 0.5) is 0 Å². The van der Waals surface area contributed by atoms with E-state index in [-0.39, 0.29) is 11.7 Å². The van der Waals surface area contributed by atoms with Crippen LogP contribution in [0.1, 0.15) is 0 Å². The van der Waals surface area contributed by atoms with Crippen molar-refractivity contribution in [2.45, 2.75) is 5.16 Å². The second kappa shape index (κ2) is 6.62. The van der Waals surface area contributed by atoms with Crippen LogP contribution in [0.15, 0.2) is 53.7 Å². The Morgan fingerprint density at radius 1 is 1.27 bits per heavy atom. The van der Waals surface area contributed by atoms with Gasteiger partial charge in [-0.05, 0) is 24.3 Å². The summed E-state index contributed by atoms with van der Waals surface area (Å²) in [4.78, 5) is 16.4. The highest BCUT2D eigenvalue weighted by atomic mass is 32.2. The zero-order chi connectivity index (χ0) is 15.4. The Morgan fingerprint density at radius 2 is 2.00 bits per heavy atom. The van der Waals surface area contributed by atoms with Gasteiger partial charge >= 0.3 is 0 Å². The molecular formula is C16H15N3O2S.